The number of ether oxygens (including phenoxy) is 3. The van der Waals surface area contributed by atoms with E-state index in [0.717, 1.165) is 10.6 Å². The summed E-state index contributed by atoms with van der Waals surface area (Å²) in [5.74, 6) is -1.05. The first-order valence-corrected chi connectivity index (χ1v) is 10.9. The zero-order chi connectivity index (χ0) is 24.7. The second kappa shape index (κ2) is 15.0. The molecule has 11 nitrogen and oxygen atoms in total. The Bertz CT molecular complexity index is 698. The van der Waals surface area contributed by atoms with Crippen molar-refractivity contribution in [1.29, 1.82) is 0 Å². The number of imide groups is 1. The molecule has 1 rings (SSSR count). The third kappa shape index (κ3) is 14.0. The number of hydrogen-bond acceptors (Lipinski definition) is 8. The molecule has 11 heteroatoms. The lowest BCUT2D eigenvalue weighted by Crippen LogP contribution is -2.36. The lowest BCUT2D eigenvalue weighted by atomic mass is 10.2. The molecule has 0 bridgehead atoms. The van der Waals surface area contributed by atoms with Gasteiger partial charge in [0, 0.05) is 56.9 Å². The van der Waals surface area contributed by atoms with Gasteiger partial charge in [-0.05, 0) is 20.8 Å². The van der Waals surface area contributed by atoms with Gasteiger partial charge in [0.25, 0.3) is 11.8 Å². The Morgan fingerprint density at radius 2 is 1.48 bits per heavy atom. The third-order valence-electron chi connectivity index (χ3n) is 4.12. The lowest BCUT2D eigenvalue weighted by molar-refractivity contribution is -0.137. The highest BCUT2D eigenvalue weighted by molar-refractivity contribution is 6.13. The number of amides is 4. The van der Waals surface area contributed by atoms with Gasteiger partial charge in [0.05, 0.1) is 26.4 Å². The van der Waals surface area contributed by atoms with Crippen LogP contribution in [-0.2, 0) is 28.6 Å². The number of rotatable bonds is 16. The summed E-state index contributed by atoms with van der Waals surface area (Å²) in [6.45, 7) is 12.3. The Labute approximate surface area is 194 Å². The lowest BCUT2D eigenvalue weighted by Gasteiger charge is -2.19. The first-order valence-electron chi connectivity index (χ1n) is 10.9. The molecule has 1 aliphatic rings. The van der Waals surface area contributed by atoms with Crippen molar-refractivity contribution in [2.45, 2.75) is 39.2 Å². The van der Waals surface area contributed by atoms with Gasteiger partial charge in [0.1, 0.15) is 5.60 Å². The van der Waals surface area contributed by atoms with Crippen LogP contribution in [0.15, 0.2) is 24.4 Å². The van der Waals surface area contributed by atoms with E-state index in [-0.39, 0.29) is 18.9 Å². The molecule has 0 fully saturated rings. The van der Waals surface area contributed by atoms with E-state index in [1.165, 1.54) is 12.2 Å². The molecule has 0 aromatic rings. The number of nitrogens with one attached hydrogen (secondary N) is 3. The Morgan fingerprint density at radius 3 is 2.12 bits per heavy atom. The van der Waals surface area contributed by atoms with Gasteiger partial charge in [-0.3, -0.25) is 19.3 Å². The predicted octanol–water partition coefficient (Wildman–Crippen LogP) is 0.469. The number of nitrogens with zero attached hydrogens (tertiary/aromatic N) is 1. The molecule has 1 heterocycles. The molecule has 0 unspecified atom stereocenters. The summed E-state index contributed by atoms with van der Waals surface area (Å²) in [4.78, 5) is 47.1. The van der Waals surface area contributed by atoms with Crippen LogP contribution in [0.4, 0.5) is 4.79 Å². The molecule has 0 saturated heterocycles. The first-order chi connectivity index (χ1) is 15.6. The molecule has 0 aliphatic carbocycles. The number of hydrogen-bond donors (Lipinski definition) is 3. The van der Waals surface area contributed by atoms with Gasteiger partial charge in [-0.15, -0.1) is 0 Å². The minimum absolute atomic E-state index is 0.0528. The van der Waals surface area contributed by atoms with E-state index in [1.807, 2.05) is 0 Å². The molecular formula is C22H36N4O7. The maximum atomic E-state index is 11.7. The van der Waals surface area contributed by atoms with E-state index in [0.29, 0.717) is 52.5 Å². The van der Waals surface area contributed by atoms with Crippen molar-refractivity contribution in [3.8, 4) is 0 Å². The van der Waals surface area contributed by atoms with Crippen LogP contribution in [0.5, 0.6) is 0 Å². The van der Waals surface area contributed by atoms with E-state index in [9.17, 15) is 19.2 Å². The zero-order valence-corrected chi connectivity index (χ0v) is 19.7. The quantitative estimate of drug-likeness (QED) is 0.220. The summed E-state index contributed by atoms with van der Waals surface area (Å²) in [5.41, 5.74) is 0.282. The van der Waals surface area contributed by atoms with Crippen LogP contribution in [0.2, 0.25) is 0 Å². The monoisotopic (exact) mass is 468 g/mol. The second-order valence-corrected chi connectivity index (χ2v) is 8.20. The number of carbonyl (C=O) groups excluding carboxylic acids is 4. The second-order valence-electron chi connectivity index (χ2n) is 8.20. The van der Waals surface area contributed by atoms with Crippen LogP contribution in [0, 0.1) is 0 Å². The molecule has 33 heavy (non-hydrogen) atoms. The van der Waals surface area contributed by atoms with Crippen LogP contribution < -0.4 is 16.0 Å². The van der Waals surface area contributed by atoms with E-state index in [4.69, 9.17) is 14.2 Å². The minimum Gasteiger partial charge on any atom is -0.444 e. The normalized spacial score (nSPS) is 13.2. The summed E-state index contributed by atoms with van der Waals surface area (Å²) in [5, 5.41) is 8.43. The smallest absolute Gasteiger partial charge is 0.407 e. The maximum Gasteiger partial charge on any atom is 0.407 e. The fraction of sp³-hybridized carbons (Fsp3) is 0.636. The van der Waals surface area contributed by atoms with Crippen molar-refractivity contribution in [3.63, 3.8) is 0 Å². The van der Waals surface area contributed by atoms with Gasteiger partial charge < -0.3 is 30.2 Å². The van der Waals surface area contributed by atoms with E-state index >= 15 is 0 Å². The van der Waals surface area contributed by atoms with Crippen molar-refractivity contribution in [1.82, 2.24) is 20.9 Å². The average molecular weight is 469 g/mol. The number of alkyl carbamates (subject to hydrolysis) is 1. The molecule has 0 saturated carbocycles. The summed E-state index contributed by atoms with van der Waals surface area (Å²) in [7, 11) is 0. The van der Waals surface area contributed by atoms with Gasteiger partial charge in [-0.1, -0.05) is 6.58 Å². The maximum absolute atomic E-state index is 11.7. The van der Waals surface area contributed by atoms with Gasteiger partial charge in [0.15, 0.2) is 0 Å². The van der Waals surface area contributed by atoms with Crippen LogP contribution in [0.25, 0.3) is 0 Å². The van der Waals surface area contributed by atoms with Crippen molar-refractivity contribution >= 4 is 23.8 Å². The summed E-state index contributed by atoms with van der Waals surface area (Å²) in [6, 6.07) is 0. The van der Waals surface area contributed by atoms with Crippen LogP contribution in [0.1, 0.15) is 33.6 Å². The molecule has 0 aromatic heterocycles. The van der Waals surface area contributed by atoms with Crippen molar-refractivity contribution in [2.24, 2.45) is 0 Å². The van der Waals surface area contributed by atoms with Crippen LogP contribution in [-0.4, -0.2) is 86.9 Å². The van der Waals surface area contributed by atoms with Gasteiger partial charge in [0.2, 0.25) is 5.91 Å². The van der Waals surface area contributed by atoms with Crippen LogP contribution >= 0.6 is 0 Å². The highest BCUT2D eigenvalue weighted by atomic mass is 16.6. The molecule has 186 valence electrons. The Kier molecular flexibility index (Phi) is 12.8. The molecule has 1 aliphatic heterocycles. The largest absolute Gasteiger partial charge is 0.444 e. The molecule has 3 N–H and O–H groups in total. The molecule has 0 aromatic carbocycles. The third-order valence-corrected chi connectivity index (χ3v) is 4.12. The SMILES string of the molecule is C=C(CCOCCOCCNC(=O)CCN1C(=O)C=CC1=O)NCCNC(=O)OC(C)(C)C. The number of carbonyl (C=O) groups is 4. The van der Waals surface area contributed by atoms with Crippen molar-refractivity contribution in [2.75, 3.05) is 52.6 Å². The highest BCUT2D eigenvalue weighted by Crippen LogP contribution is 2.06. The van der Waals surface area contributed by atoms with Crippen LogP contribution in [0.3, 0.4) is 0 Å². The molecule has 0 atom stereocenters. The molecule has 0 spiro atoms. The van der Waals surface area contributed by atoms with E-state index in [2.05, 4.69) is 22.5 Å². The van der Waals surface area contributed by atoms with E-state index < -0.39 is 23.5 Å². The fourth-order valence-electron chi connectivity index (χ4n) is 2.54. The van der Waals surface area contributed by atoms with Crippen molar-refractivity contribution < 1.29 is 33.4 Å². The molecule has 0 radical (unpaired) electrons. The van der Waals surface area contributed by atoms with Gasteiger partial charge in [-0.2, -0.15) is 0 Å². The predicted molar refractivity (Wildman–Crippen MR) is 121 cm³/mol. The molecular weight excluding hydrogens is 432 g/mol. The topological polar surface area (TPSA) is 135 Å². The first kappa shape index (κ1) is 28.1. The fourth-order valence-corrected chi connectivity index (χ4v) is 2.54. The zero-order valence-electron chi connectivity index (χ0n) is 19.7. The van der Waals surface area contributed by atoms with Gasteiger partial charge in [-0.25, -0.2) is 4.79 Å². The average Bonchev–Trinajstić information content (AvgIpc) is 3.04. The Morgan fingerprint density at radius 1 is 0.879 bits per heavy atom. The Balaban J connectivity index is 1.89. The minimum atomic E-state index is -0.521. The summed E-state index contributed by atoms with van der Waals surface area (Å²) < 4.78 is 16.0. The van der Waals surface area contributed by atoms with Crippen molar-refractivity contribution in [3.05, 3.63) is 24.4 Å². The van der Waals surface area contributed by atoms with Gasteiger partial charge >= 0.3 is 6.09 Å². The summed E-state index contributed by atoms with van der Waals surface area (Å²) in [6.07, 6.45) is 2.60. The summed E-state index contributed by atoms with van der Waals surface area (Å²) >= 11 is 0. The van der Waals surface area contributed by atoms with E-state index in [1.54, 1.807) is 20.8 Å². The standard InChI is InChI=1S/C22H36N4O7/c1-17(23-9-10-25-21(30)33-22(2,3)4)8-13-31-15-16-32-14-11-24-18(27)7-12-26-19(28)5-6-20(26)29/h5-6,23H,1,7-16H2,2-4H3,(H,24,27)(H,25,30). The Hall–Kier alpha value is -2.92. The highest BCUT2D eigenvalue weighted by Gasteiger charge is 2.23. The molecule has 4 amide bonds.